The number of rotatable bonds is 4. The summed E-state index contributed by atoms with van der Waals surface area (Å²) in [5.74, 6) is 0.441. The molecular formula is C14H18N2O. The molecular weight excluding hydrogens is 212 g/mol. The molecule has 3 nitrogen and oxygen atoms in total. The minimum Gasteiger partial charge on any atom is -0.339 e. The van der Waals surface area contributed by atoms with Crippen LogP contribution in [0.5, 0.6) is 0 Å². The Labute approximate surface area is 103 Å². The zero-order chi connectivity index (χ0) is 12.8. The second-order valence-corrected chi connectivity index (χ2v) is 4.43. The van der Waals surface area contributed by atoms with E-state index in [1.165, 1.54) is 0 Å². The number of carbonyl (C=O) groups is 1. The fourth-order valence-electron chi connectivity index (χ4n) is 1.70. The zero-order valence-electron chi connectivity index (χ0n) is 10.6. The van der Waals surface area contributed by atoms with Crippen LogP contribution in [0.3, 0.4) is 0 Å². The standard InChI is InChI=1S/C14H18N2O/c1-4-16(10-11(2)3)14(17)13-7-5-6-12(8-13)9-15/h5-8,11H,4,10H2,1-3H3. The molecule has 1 aromatic carbocycles. The molecule has 0 aromatic heterocycles. The van der Waals surface area contributed by atoms with Crippen molar-refractivity contribution < 1.29 is 4.79 Å². The summed E-state index contributed by atoms with van der Waals surface area (Å²) in [5.41, 5.74) is 1.11. The number of benzene rings is 1. The van der Waals surface area contributed by atoms with Crippen LogP contribution in [0.2, 0.25) is 0 Å². The Morgan fingerprint density at radius 1 is 1.47 bits per heavy atom. The van der Waals surface area contributed by atoms with Gasteiger partial charge in [-0.25, -0.2) is 0 Å². The van der Waals surface area contributed by atoms with Crippen molar-refractivity contribution in [1.29, 1.82) is 5.26 Å². The number of carbonyl (C=O) groups excluding carboxylic acids is 1. The Balaban J connectivity index is 2.90. The van der Waals surface area contributed by atoms with E-state index in [1.54, 1.807) is 29.2 Å². The highest BCUT2D eigenvalue weighted by Gasteiger charge is 2.15. The van der Waals surface area contributed by atoms with Crippen molar-refractivity contribution in [3.8, 4) is 6.07 Å². The Kier molecular flexibility index (Phi) is 4.71. The second-order valence-electron chi connectivity index (χ2n) is 4.43. The molecule has 0 bridgehead atoms. The summed E-state index contributed by atoms with van der Waals surface area (Å²) in [6.07, 6.45) is 0. The molecule has 0 saturated heterocycles. The fourth-order valence-corrected chi connectivity index (χ4v) is 1.70. The van der Waals surface area contributed by atoms with Crippen LogP contribution in [-0.4, -0.2) is 23.9 Å². The normalized spacial score (nSPS) is 10.1. The molecule has 1 rings (SSSR count). The number of amides is 1. The van der Waals surface area contributed by atoms with Crippen molar-refractivity contribution in [3.05, 3.63) is 35.4 Å². The van der Waals surface area contributed by atoms with Gasteiger partial charge in [-0.2, -0.15) is 5.26 Å². The molecule has 0 heterocycles. The van der Waals surface area contributed by atoms with Gasteiger partial charge in [-0.15, -0.1) is 0 Å². The van der Waals surface area contributed by atoms with Crippen LogP contribution in [0.15, 0.2) is 24.3 Å². The van der Waals surface area contributed by atoms with Crippen molar-refractivity contribution in [3.63, 3.8) is 0 Å². The van der Waals surface area contributed by atoms with Crippen LogP contribution < -0.4 is 0 Å². The third-order valence-electron chi connectivity index (χ3n) is 2.49. The number of nitrogens with zero attached hydrogens (tertiary/aromatic N) is 2. The molecule has 0 radical (unpaired) electrons. The summed E-state index contributed by atoms with van der Waals surface area (Å²) >= 11 is 0. The van der Waals surface area contributed by atoms with E-state index >= 15 is 0 Å². The van der Waals surface area contributed by atoms with Crippen molar-refractivity contribution in [2.45, 2.75) is 20.8 Å². The maximum absolute atomic E-state index is 12.2. The lowest BCUT2D eigenvalue weighted by Crippen LogP contribution is -2.34. The van der Waals surface area contributed by atoms with E-state index in [4.69, 9.17) is 5.26 Å². The van der Waals surface area contributed by atoms with Crippen molar-refractivity contribution in [2.75, 3.05) is 13.1 Å². The van der Waals surface area contributed by atoms with Crippen molar-refractivity contribution in [1.82, 2.24) is 4.90 Å². The van der Waals surface area contributed by atoms with Gasteiger partial charge in [0.05, 0.1) is 11.6 Å². The molecule has 1 amide bonds. The number of nitriles is 1. The summed E-state index contributed by atoms with van der Waals surface area (Å²) in [6.45, 7) is 7.57. The van der Waals surface area contributed by atoms with Gasteiger partial charge in [0, 0.05) is 18.7 Å². The highest BCUT2D eigenvalue weighted by Crippen LogP contribution is 2.09. The second kappa shape index (κ2) is 6.05. The van der Waals surface area contributed by atoms with Gasteiger partial charge < -0.3 is 4.90 Å². The quantitative estimate of drug-likeness (QED) is 0.798. The highest BCUT2D eigenvalue weighted by molar-refractivity contribution is 5.94. The molecule has 0 saturated carbocycles. The van der Waals surface area contributed by atoms with Crippen LogP contribution in [0, 0.1) is 17.2 Å². The Morgan fingerprint density at radius 2 is 2.18 bits per heavy atom. The van der Waals surface area contributed by atoms with Crippen molar-refractivity contribution in [2.24, 2.45) is 5.92 Å². The average Bonchev–Trinajstić information content (AvgIpc) is 2.35. The van der Waals surface area contributed by atoms with E-state index in [0.717, 1.165) is 6.54 Å². The van der Waals surface area contributed by atoms with Gasteiger partial charge in [0.1, 0.15) is 0 Å². The minimum absolute atomic E-state index is 0.00157. The van der Waals surface area contributed by atoms with Gasteiger partial charge in [-0.05, 0) is 31.0 Å². The van der Waals surface area contributed by atoms with Gasteiger partial charge in [-0.1, -0.05) is 19.9 Å². The predicted octanol–water partition coefficient (Wildman–Crippen LogP) is 2.68. The van der Waals surface area contributed by atoms with E-state index in [0.29, 0.717) is 23.6 Å². The highest BCUT2D eigenvalue weighted by atomic mass is 16.2. The Hall–Kier alpha value is -1.82. The lowest BCUT2D eigenvalue weighted by atomic mass is 10.1. The summed E-state index contributed by atoms with van der Waals surface area (Å²) < 4.78 is 0. The predicted molar refractivity (Wildman–Crippen MR) is 67.6 cm³/mol. The minimum atomic E-state index is -0.00157. The maximum atomic E-state index is 12.2. The number of hydrogen-bond acceptors (Lipinski definition) is 2. The first kappa shape index (κ1) is 13.2. The van der Waals surface area contributed by atoms with E-state index in [1.807, 2.05) is 13.0 Å². The Morgan fingerprint density at radius 3 is 2.71 bits per heavy atom. The van der Waals surface area contributed by atoms with Crippen LogP contribution in [0.25, 0.3) is 0 Å². The molecule has 0 aliphatic carbocycles. The summed E-state index contributed by atoms with van der Waals surface area (Å²) in [4.78, 5) is 14.0. The van der Waals surface area contributed by atoms with E-state index in [2.05, 4.69) is 13.8 Å². The first-order valence-electron chi connectivity index (χ1n) is 5.88. The van der Waals surface area contributed by atoms with Crippen molar-refractivity contribution >= 4 is 5.91 Å². The average molecular weight is 230 g/mol. The van der Waals surface area contributed by atoms with E-state index in [-0.39, 0.29) is 5.91 Å². The van der Waals surface area contributed by atoms with Gasteiger partial charge in [0.25, 0.3) is 5.91 Å². The molecule has 0 spiro atoms. The lowest BCUT2D eigenvalue weighted by Gasteiger charge is -2.23. The van der Waals surface area contributed by atoms with Crippen LogP contribution in [0.1, 0.15) is 36.7 Å². The molecule has 0 aliphatic rings. The smallest absolute Gasteiger partial charge is 0.253 e. The Bertz CT molecular complexity index is 432. The molecule has 90 valence electrons. The topological polar surface area (TPSA) is 44.1 Å². The van der Waals surface area contributed by atoms with Gasteiger partial charge >= 0.3 is 0 Å². The molecule has 0 atom stereocenters. The van der Waals surface area contributed by atoms with Crippen LogP contribution in [-0.2, 0) is 0 Å². The molecule has 1 aromatic rings. The van der Waals surface area contributed by atoms with Gasteiger partial charge in [0.2, 0.25) is 0 Å². The molecule has 0 aliphatic heterocycles. The van der Waals surface area contributed by atoms with Crippen LogP contribution in [0.4, 0.5) is 0 Å². The molecule has 0 fully saturated rings. The zero-order valence-corrected chi connectivity index (χ0v) is 10.6. The molecule has 0 N–H and O–H groups in total. The fraction of sp³-hybridized carbons (Fsp3) is 0.429. The lowest BCUT2D eigenvalue weighted by molar-refractivity contribution is 0.0746. The number of hydrogen-bond donors (Lipinski definition) is 0. The van der Waals surface area contributed by atoms with Gasteiger partial charge in [-0.3, -0.25) is 4.79 Å². The van der Waals surface area contributed by atoms with E-state index in [9.17, 15) is 4.79 Å². The maximum Gasteiger partial charge on any atom is 0.253 e. The molecule has 0 unspecified atom stereocenters. The van der Waals surface area contributed by atoms with E-state index < -0.39 is 0 Å². The summed E-state index contributed by atoms with van der Waals surface area (Å²) in [7, 11) is 0. The third-order valence-corrected chi connectivity index (χ3v) is 2.49. The molecule has 3 heteroatoms. The van der Waals surface area contributed by atoms with Crippen LogP contribution >= 0.6 is 0 Å². The van der Waals surface area contributed by atoms with Gasteiger partial charge in [0.15, 0.2) is 0 Å². The molecule has 17 heavy (non-hydrogen) atoms. The SMILES string of the molecule is CCN(CC(C)C)C(=O)c1cccc(C#N)c1. The first-order valence-corrected chi connectivity index (χ1v) is 5.88. The first-order chi connectivity index (χ1) is 8.08. The largest absolute Gasteiger partial charge is 0.339 e. The summed E-state index contributed by atoms with van der Waals surface area (Å²) in [5, 5.41) is 8.81. The third kappa shape index (κ3) is 3.60. The monoisotopic (exact) mass is 230 g/mol. The summed E-state index contributed by atoms with van der Waals surface area (Å²) in [6, 6.07) is 8.90.